The van der Waals surface area contributed by atoms with E-state index in [4.69, 9.17) is 11.6 Å². The van der Waals surface area contributed by atoms with Gasteiger partial charge in [0, 0.05) is 19.4 Å². The zero-order chi connectivity index (χ0) is 20.4. The molecule has 0 saturated heterocycles. The van der Waals surface area contributed by atoms with E-state index in [-0.39, 0.29) is 5.92 Å². The Kier molecular flexibility index (Phi) is 6.09. The van der Waals surface area contributed by atoms with E-state index in [2.05, 4.69) is 45.0 Å². The van der Waals surface area contributed by atoms with Gasteiger partial charge in [-0.3, -0.25) is 0 Å². The van der Waals surface area contributed by atoms with Gasteiger partial charge in [0.25, 0.3) is 0 Å². The largest absolute Gasteiger partial charge is 0.397 e. The molecule has 0 heterocycles. The first-order valence-electron chi connectivity index (χ1n) is 10.3. The lowest BCUT2D eigenvalue weighted by atomic mass is 9.71. The molecular formula is C24H33N3O. The maximum absolute atomic E-state index is 11.5. The summed E-state index contributed by atoms with van der Waals surface area (Å²) in [6.45, 7) is 6.58. The molecule has 4 heteroatoms. The van der Waals surface area contributed by atoms with Crippen molar-refractivity contribution in [3.8, 4) is 0 Å². The van der Waals surface area contributed by atoms with Crippen molar-refractivity contribution < 1.29 is 4.79 Å². The third-order valence-corrected chi connectivity index (χ3v) is 6.25. The van der Waals surface area contributed by atoms with Gasteiger partial charge in [0.1, 0.15) is 6.29 Å². The summed E-state index contributed by atoms with van der Waals surface area (Å²) in [7, 11) is 1.84. The third kappa shape index (κ3) is 3.93. The molecule has 0 bridgehead atoms. The molecule has 150 valence electrons. The first-order chi connectivity index (χ1) is 13.3. The minimum absolute atomic E-state index is 0.0130. The van der Waals surface area contributed by atoms with E-state index >= 15 is 0 Å². The highest BCUT2D eigenvalue weighted by atomic mass is 16.1. The lowest BCUT2D eigenvalue weighted by molar-refractivity contribution is -0.108. The van der Waals surface area contributed by atoms with Crippen LogP contribution in [0.1, 0.15) is 72.8 Å². The molecular weight excluding hydrogens is 346 g/mol. The quantitative estimate of drug-likeness (QED) is 0.317. The fraction of sp³-hybridized carbons (Fsp3) is 0.458. The molecule has 28 heavy (non-hydrogen) atoms. The molecule has 1 aliphatic carbocycles. The van der Waals surface area contributed by atoms with Gasteiger partial charge >= 0.3 is 0 Å². The van der Waals surface area contributed by atoms with Crippen LogP contribution in [-0.4, -0.2) is 13.3 Å². The molecule has 1 atom stereocenters. The van der Waals surface area contributed by atoms with Crippen LogP contribution in [-0.2, 0) is 11.2 Å². The number of aldehydes is 1. The van der Waals surface area contributed by atoms with Gasteiger partial charge in [0.05, 0.1) is 11.4 Å². The number of nitrogen functional groups attached to an aromatic ring is 1. The van der Waals surface area contributed by atoms with Crippen molar-refractivity contribution in [3.63, 3.8) is 0 Å². The standard InChI is InChI=1S/C24H33N3O/c1-5-17-12-18(7-6-16(17)3)21(8-9-28)20-13-22(19-10-15(2)11-19)24(27(4)26)23(25)14-20/h6-7,9,12-15,19,21H,5,8,10-11,25-26H2,1-4H3. The Labute approximate surface area is 168 Å². The lowest BCUT2D eigenvalue weighted by Gasteiger charge is -2.36. The SMILES string of the molecule is CCc1cc(C(CC=O)c2cc(N)c(N(C)N)c(C3CC(C)C3)c2)ccc1C. The highest BCUT2D eigenvalue weighted by Gasteiger charge is 2.31. The van der Waals surface area contributed by atoms with Gasteiger partial charge in [-0.1, -0.05) is 38.1 Å². The highest BCUT2D eigenvalue weighted by molar-refractivity contribution is 5.74. The number of anilines is 2. The van der Waals surface area contributed by atoms with Gasteiger partial charge in [-0.15, -0.1) is 0 Å². The molecule has 0 amide bonds. The number of carbonyl (C=O) groups is 1. The number of aryl methyl sites for hydroxylation is 2. The van der Waals surface area contributed by atoms with Crippen LogP contribution in [0.2, 0.25) is 0 Å². The second-order valence-corrected chi connectivity index (χ2v) is 8.43. The van der Waals surface area contributed by atoms with Crippen LogP contribution in [0.15, 0.2) is 30.3 Å². The van der Waals surface area contributed by atoms with Crippen molar-refractivity contribution in [2.45, 2.75) is 58.3 Å². The number of nitrogens with two attached hydrogens (primary N) is 2. The molecule has 2 aromatic carbocycles. The fourth-order valence-corrected chi connectivity index (χ4v) is 4.63. The minimum Gasteiger partial charge on any atom is -0.397 e. The molecule has 3 rings (SSSR count). The average Bonchev–Trinajstić information content (AvgIpc) is 2.63. The molecule has 0 spiro atoms. The van der Waals surface area contributed by atoms with Gasteiger partial charge in [-0.25, -0.2) is 5.84 Å². The highest BCUT2D eigenvalue weighted by Crippen LogP contribution is 2.47. The zero-order valence-corrected chi connectivity index (χ0v) is 17.5. The van der Waals surface area contributed by atoms with Crippen molar-refractivity contribution in [1.29, 1.82) is 0 Å². The molecule has 0 aliphatic heterocycles. The normalized spacial score (nSPS) is 19.8. The van der Waals surface area contributed by atoms with Crippen molar-refractivity contribution in [1.82, 2.24) is 0 Å². The topological polar surface area (TPSA) is 72.4 Å². The summed E-state index contributed by atoms with van der Waals surface area (Å²) in [5.74, 6) is 7.35. The average molecular weight is 380 g/mol. The van der Waals surface area contributed by atoms with E-state index in [1.807, 2.05) is 13.1 Å². The van der Waals surface area contributed by atoms with Gasteiger partial charge in [-0.2, -0.15) is 0 Å². The number of hydrogen-bond donors (Lipinski definition) is 2. The molecule has 2 aromatic rings. The number of nitrogens with zero attached hydrogens (tertiary/aromatic N) is 1. The monoisotopic (exact) mass is 379 g/mol. The number of hydrogen-bond acceptors (Lipinski definition) is 4. The lowest BCUT2D eigenvalue weighted by Crippen LogP contribution is -2.30. The summed E-state index contributed by atoms with van der Waals surface area (Å²) in [5.41, 5.74) is 14.2. The predicted molar refractivity (Wildman–Crippen MR) is 118 cm³/mol. The Morgan fingerprint density at radius 3 is 2.50 bits per heavy atom. The first-order valence-corrected chi connectivity index (χ1v) is 10.3. The second-order valence-electron chi connectivity index (χ2n) is 8.43. The van der Waals surface area contributed by atoms with Gasteiger partial charge in [0.15, 0.2) is 0 Å². The number of carbonyl (C=O) groups excluding carboxylic acids is 1. The molecule has 4 N–H and O–H groups in total. The van der Waals surface area contributed by atoms with Gasteiger partial charge in [0.2, 0.25) is 0 Å². The van der Waals surface area contributed by atoms with E-state index in [0.717, 1.165) is 42.7 Å². The summed E-state index contributed by atoms with van der Waals surface area (Å²) < 4.78 is 0. The van der Waals surface area contributed by atoms with E-state index in [0.29, 0.717) is 18.0 Å². The van der Waals surface area contributed by atoms with E-state index in [1.165, 1.54) is 22.3 Å². The zero-order valence-electron chi connectivity index (χ0n) is 17.5. The Hall–Kier alpha value is -2.33. The Balaban J connectivity index is 2.09. The maximum Gasteiger partial charge on any atom is 0.120 e. The van der Waals surface area contributed by atoms with Gasteiger partial charge in [-0.05, 0) is 71.9 Å². The predicted octanol–water partition coefficient (Wildman–Crippen LogP) is 4.68. The van der Waals surface area contributed by atoms with Crippen LogP contribution in [0.4, 0.5) is 11.4 Å². The molecule has 0 radical (unpaired) electrons. The first kappa shape index (κ1) is 20.4. The molecule has 1 unspecified atom stereocenters. The van der Waals surface area contributed by atoms with Crippen molar-refractivity contribution in [2.24, 2.45) is 11.8 Å². The molecule has 1 saturated carbocycles. The summed E-state index contributed by atoms with van der Waals surface area (Å²) in [4.78, 5) is 11.5. The van der Waals surface area contributed by atoms with Crippen LogP contribution in [0.5, 0.6) is 0 Å². The van der Waals surface area contributed by atoms with Crippen molar-refractivity contribution >= 4 is 17.7 Å². The third-order valence-electron chi connectivity index (χ3n) is 6.25. The van der Waals surface area contributed by atoms with Crippen LogP contribution in [0, 0.1) is 12.8 Å². The van der Waals surface area contributed by atoms with Crippen molar-refractivity contribution in [2.75, 3.05) is 17.8 Å². The van der Waals surface area contributed by atoms with Crippen LogP contribution >= 0.6 is 0 Å². The van der Waals surface area contributed by atoms with E-state index in [9.17, 15) is 4.79 Å². The molecule has 1 fully saturated rings. The molecule has 4 nitrogen and oxygen atoms in total. The summed E-state index contributed by atoms with van der Waals surface area (Å²) in [6, 6.07) is 10.8. The number of rotatable bonds is 7. The Morgan fingerprint density at radius 2 is 1.93 bits per heavy atom. The Bertz CT molecular complexity index is 853. The maximum atomic E-state index is 11.5. The van der Waals surface area contributed by atoms with E-state index < -0.39 is 0 Å². The van der Waals surface area contributed by atoms with Crippen molar-refractivity contribution in [3.05, 3.63) is 58.1 Å². The minimum atomic E-state index is 0.0130. The van der Waals surface area contributed by atoms with Crippen LogP contribution in [0.3, 0.4) is 0 Å². The number of benzene rings is 2. The van der Waals surface area contributed by atoms with Crippen LogP contribution < -0.4 is 16.6 Å². The summed E-state index contributed by atoms with van der Waals surface area (Å²) >= 11 is 0. The van der Waals surface area contributed by atoms with Gasteiger partial charge < -0.3 is 15.5 Å². The smallest absolute Gasteiger partial charge is 0.120 e. The fourth-order valence-electron chi connectivity index (χ4n) is 4.63. The van der Waals surface area contributed by atoms with E-state index in [1.54, 1.807) is 5.01 Å². The Morgan fingerprint density at radius 1 is 1.21 bits per heavy atom. The number of hydrazine groups is 1. The molecule has 0 aromatic heterocycles. The second kappa shape index (κ2) is 8.36. The van der Waals surface area contributed by atoms with Crippen LogP contribution in [0.25, 0.3) is 0 Å². The summed E-state index contributed by atoms with van der Waals surface area (Å²) in [5, 5.41) is 1.63. The summed E-state index contributed by atoms with van der Waals surface area (Å²) in [6.07, 6.45) is 4.77. The molecule has 1 aliphatic rings.